The van der Waals surface area contributed by atoms with Gasteiger partial charge in [-0.25, -0.2) is 14.2 Å². The first-order valence-electron chi connectivity index (χ1n) is 18.3. The summed E-state index contributed by atoms with van der Waals surface area (Å²) in [6, 6.07) is 9.92. The van der Waals surface area contributed by atoms with Crippen LogP contribution in [0.2, 0.25) is 0 Å². The molecule has 4 atom stereocenters. The number of amides is 1. The highest BCUT2D eigenvalue weighted by molar-refractivity contribution is 7.22. The molecule has 2 aromatic carbocycles. The van der Waals surface area contributed by atoms with Crippen molar-refractivity contribution in [3.05, 3.63) is 35.9 Å². The number of hydrogen-bond acceptors (Lipinski definition) is 12. The molecule has 4 fully saturated rings. The van der Waals surface area contributed by atoms with Gasteiger partial charge >= 0.3 is 12.1 Å². The molecule has 0 N–H and O–H groups in total. The van der Waals surface area contributed by atoms with Crippen LogP contribution in [-0.2, 0) is 9.47 Å². The lowest BCUT2D eigenvalue weighted by molar-refractivity contribution is 0.0122. The second kappa shape index (κ2) is 13.8. The number of ether oxygens (including phenoxy) is 4. The van der Waals surface area contributed by atoms with Crippen molar-refractivity contribution in [3.8, 4) is 24.1 Å². The Morgan fingerprint density at radius 3 is 2.66 bits per heavy atom. The molecule has 280 valence electrons. The van der Waals surface area contributed by atoms with Crippen LogP contribution in [0.15, 0.2) is 30.3 Å². The van der Waals surface area contributed by atoms with Gasteiger partial charge in [0.25, 0.3) is 0 Å². The molecule has 4 saturated heterocycles. The van der Waals surface area contributed by atoms with Gasteiger partial charge in [-0.2, -0.15) is 9.97 Å². The molecule has 2 unspecified atom stereocenters. The van der Waals surface area contributed by atoms with Gasteiger partial charge in [0.1, 0.15) is 29.6 Å². The van der Waals surface area contributed by atoms with E-state index < -0.39 is 11.8 Å². The highest BCUT2D eigenvalue weighted by Gasteiger charge is 2.50. The third kappa shape index (κ3) is 6.68. The number of carbonyl (C=O) groups excluding carboxylic acids is 1. The van der Waals surface area contributed by atoms with Gasteiger partial charge in [0, 0.05) is 57.2 Å². The first kappa shape index (κ1) is 35.6. The standard InChI is InChI=1S/C39H46FN7O5S/c1-7-24-10-8-11-25-16-29(51-23-49-6)17-30(31(24)25)44(5)36-41-32-33(45-20-27-12-13-28(21-45)47(27)37(48)52-38(2,3)4)42-35(43-34(32)53-36)50-22-39-14-9-15-46(39)19-26(40)18-39/h1,8,10-11,16-17,26-28H,9,12-15,18-23H2,2-6H3/t26-,27?,28?,39+/m1/s1. The topological polar surface area (TPSA) is 106 Å². The Hall–Kier alpha value is -4.45. The van der Waals surface area contributed by atoms with E-state index in [4.69, 9.17) is 40.3 Å². The third-order valence-electron chi connectivity index (χ3n) is 10.9. The number of benzene rings is 2. The first-order valence-corrected chi connectivity index (χ1v) is 19.1. The third-order valence-corrected chi connectivity index (χ3v) is 11.9. The Kier molecular flexibility index (Phi) is 9.23. The van der Waals surface area contributed by atoms with Crippen LogP contribution in [0.4, 0.5) is 25.8 Å². The second-order valence-corrected chi connectivity index (χ2v) is 16.6. The molecule has 4 aliphatic heterocycles. The van der Waals surface area contributed by atoms with Crippen molar-refractivity contribution in [2.24, 2.45) is 0 Å². The first-order chi connectivity index (χ1) is 25.4. The van der Waals surface area contributed by atoms with Crippen molar-refractivity contribution in [1.29, 1.82) is 0 Å². The van der Waals surface area contributed by atoms with E-state index in [2.05, 4.69) is 15.7 Å². The summed E-state index contributed by atoms with van der Waals surface area (Å²) in [5.74, 6) is 4.13. The Bertz CT molecular complexity index is 2070. The van der Waals surface area contributed by atoms with Crippen LogP contribution in [-0.4, -0.2) is 114 Å². The quantitative estimate of drug-likeness (QED) is 0.138. The lowest BCUT2D eigenvalue weighted by atomic mass is 9.95. The summed E-state index contributed by atoms with van der Waals surface area (Å²) in [5, 5.41) is 2.50. The molecule has 0 saturated carbocycles. The van der Waals surface area contributed by atoms with E-state index >= 15 is 0 Å². The van der Waals surface area contributed by atoms with Gasteiger partial charge in [-0.05, 0) is 70.5 Å². The zero-order valence-electron chi connectivity index (χ0n) is 30.9. The summed E-state index contributed by atoms with van der Waals surface area (Å²) >= 11 is 1.43. The van der Waals surface area contributed by atoms with Crippen LogP contribution in [0.3, 0.4) is 0 Å². The second-order valence-electron chi connectivity index (χ2n) is 15.6. The number of methoxy groups -OCH3 is 1. The summed E-state index contributed by atoms with van der Waals surface area (Å²) in [6.45, 7) is 8.54. The van der Waals surface area contributed by atoms with Gasteiger partial charge in [-0.1, -0.05) is 29.4 Å². The molecule has 4 aliphatic rings. The van der Waals surface area contributed by atoms with Gasteiger partial charge in [-0.3, -0.25) is 9.80 Å². The molecule has 4 aromatic rings. The van der Waals surface area contributed by atoms with Crippen molar-refractivity contribution in [2.45, 2.75) is 82.3 Å². The molecule has 8 rings (SSSR count). The minimum atomic E-state index is -0.862. The summed E-state index contributed by atoms with van der Waals surface area (Å²) < 4.78 is 38.0. The summed E-state index contributed by atoms with van der Waals surface area (Å²) in [7, 11) is 3.53. The Labute approximate surface area is 313 Å². The molecule has 53 heavy (non-hydrogen) atoms. The van der Waals surface area contributed by atoms with E-state index in [-0.39, 0.29) is 36.5 Å². The smallest absolute Gasteiger partial charge is 0.410 e. The molecule has 0 aliphatic carbocycles. The Balaban J connectivity index is 1.17. The van der Waals surface area contributed by atoms with Crippen LogP contribution in [0, 0.1) is 12.3 Å². The van der Waals surface area contributed by atoms with E-state index in [1.807, 2.05) is 68.0 Å². The molecular formula is C39H46FN7O5S. The summed E-state index contributed by atoms with van der Waals surface area (Å²) in [4.78, 5) is 37.4. The van der Waals surface area contributed by atoms with Crippen LogP contribution in [0.5, 0.6) is 11.8 Å². The number of piperazine rings is 1. The molecule has 1 amide bonds. The van der Waals surface area contributed by atoms with Crippen molar-refractivity contribution in [1.82, 2.24) is 24.8 Å². The maximum atomic E-state index is 14.6. The van der Waals surface area contributed by atoms with Gasteiger partial charge in [0.15, 0.2) is 22.6 Å². The zero-order valence-corrected chi connectivity index (χ0v) is 31.7. The van der Waals surface area contributed by atoms with Crippen molar-refractivity contribution in [3.63, 3.8) is 0 Å². The van der Waals surface area contributed by atoms with E-state index in [9.17, 15) is 9.18 Å². The Morgan fingerprint density at radius 1 is 1.13 bits per heavy atom. The van der Waals surface area contributed by atoms with Crippen LogP contribution in [0.1, 0.15) is 58.4 Å². The maximum absolute atomic E-state index is 14.6. The number of nitrogens with zero attached hydrogens (tertiary/aromatic N) is 7. The highest BCUT2D eigenvalue weighted by atomic mass is 32.1. The van der Waals surface area contributed by atoms with Gasteiger partial charge in [-0.15, -0.1) is 6.42 Å². The van der Waals surface area contributed by atoms with Crippen LogP contribution in [0.25, 0.3) is 21.1 Å². The molecule has 14 heteroatoms. The molecule has 2 aromatic heterocycles. The molecule has 2 bridgehead atoms. The number of thiazole rings is 1. The molecule has 0 radical (unpaired) electrons. The number of halogens is 1. The lowest BCUT2D eigenvalue weighted by Gasteiger charge is -2.41. The number of anilines is 3. The average Bonchev–Trinajstić information content (AvgIpc) is 3.87. The number of carbonyl (C=O) groups is 1. The van der Waals surface area contributed by atoms with Crippen LogP contribution < -0.4 is 19.3 Å². The normalized spacial score (nSPS) is 24.1. The minimum absolute atomic E-state index is 0.0342. The van der Waals surface area contributed by atoms with Crippen molar-refractivity contribution in [2.75, 3.05) is 63.5 Å². The average molecular weight is 744 g/mol. The fourth-order valence-corrected chi connectivity index (χ4v) is 9.52. The van der Waals surface area contributed by atoms with Gasteiger partial charge in [0.05, 0.1) is 23.3 Å². The fourth-order valence-electron chi connectivity index (χ4n) is 8.62. The number of hydrogen-bond donors (Lipinski definition) is 0. The van der Waals surface area contributed by atoms with E-state index in [0.717, 1.165) is 54.3 Å². The van der Waals surface area contributed by atoms with Crippen molar-refractivity contribution < 1.29 is 28.1 Å². The van der Waals surface area contributed by atoms with E-state index in [0.29, 0.717) is 59.7 Å². The molecular weight excluding hydrogens is 698 g/mol. The number of fused-ring (bicyclic) bond motifs is 5. The van der Waals surface area contributed by atoms with Crippen LogP contribution >= 0.6 is 11.3 Å². The number of aromatic nitrogens is 3. The van der Waals surface area contributed by atoms with E-state index in [1.165, 1.54) is 11.3 Å². The maximum Gasteiger partial charge on any atom is 0.410 e. The van der Waals surface area contributed by atoms with Gasteiger partial charge < -0.3 is 28.7 Å². The Morgan fingerprint density at radius 2 is 1.92 bits per heavy atom. The van der Waals surface area contributed by atoms with Gasteiger partial charge in [0.2, 0.25) is 0 Å². The molecule has 6 heterocycles. The summed E-state index contributed by atoms with van der Waals surface area (Å²) in [5.41, 5.74) is 1.28. The van der Waals surface area contributed by atoms with Crippen molar-refractivity contribution >= 4 is 55.2 Å². The largest absolute Gasteiger partial charge is 0.467 e. The molecule has 12 nitrogen and oxygen atoms in total. The number of alkyl halides is 1. The summed E-state index contributed by atoms with van der Waals surface area (Å²) in [6.07, 6.45) is 8.95. The van der Waals surface area contributed by atoms with E-state index in [1.54, 1.807) is 7.11 Å². The SMILES string of the molecule is C#Cc1cccc2cc(OCOC)cc(N(C)c3nc4c(N5CC6CCC(C5)N6C(=O)OC(C)(C)C)nc(OC[C@@]56CCCN5C[C@H](F)C6)nc4s3)c12. The highest BCUT2D eigenvalue weighted by Crippen LogP contribution is 2.44. The molecule has 0 spiro atoms. The minimum Gasteiger partial charge on any atom is -0.467 e. The fraction of sp³-hybridized carbons (Fsp3) is 0.538. The number of terminal acetylenes is 1. The predicted molar refractivity (Wildman–Crippen MR) is 203 cm³/mol. The zero-order chi connectivity index (χ0) is 37.1. The predicted octanol–water partition coefficient (Wildman–Crippen LogP) is 6.51. The number of rotatable bonds is 9. The monoisotopic (exact) mass is 743 g/mol. The lowest BCUT2D eigenvalue weighted by Crippen LogP contribution is -2.57.